The van der Waals surface area contributed by atoms with Crippen LogP contribution in [0.4, 0.5) is 0 Å². The van der Waals surface area contributed by atoms with Crippen molar-refractivity contribution in [2.24, 2.45) is 0 Å². The van der Waals surface area contributed by atoms with Gasteiger partial charge < -0.3 is 9.72 Å². The molecule has 0 aliphatic heterocycles. The Bertz CT molecular complexity index is 812. The minimum atomic E-state index is 0.561. The van der Waals surface area contributed by atoms with Gasteiger partial charge in [0, 0.05) is 11.1 Å². The van der Waals surface area contributed by atoms with Gasteiger partial charge in [0.15, 0.2) is 0 Å². The van der Waals surface area contributed by atoms with Crippen molar-refractivity contribution in [1.82, 2.24) is 9.97 Å². The Balaban J connectivity index is 2.12. The van der Waals surface area contributed by atoms with Gasteiger partial charge in [-0.1, -0.05) is 54.7 Å². The lowest BCUT2D eigenvalue weighted by atomic mass is 10.1. The van der Waals surface area contributed by atoms with Crippen molar-refractivity contribution in [1.29, 1.82) is 0 Å². The molecular weight excluding hydrogens is 280 g/mol. The van der Waals surface area contributed by atoms with Crippen LogP contribution in [0, 0.1) is 4.64 Å². The van der Waals surface area contributed by atoms with E-state index in [1.807, 2.05) is 60.7 Å². The molecule has 0 unspecified atom stereocenters. The zero-order chi connectivity index (χ0) is 14.7. The summed E-state index contributed by atoms with van der Waals surface area (Å²) in [5.74, 6) is 1.57. The van der Waals surface area contributed by atoms with Crippen molar-refractivity contribution in [2.75, 3.05) is 7.11 Å². The first-order valence-corrected chi connectivity index (χ1v) is 6.98. The van der Waals surface area contributed by atoms with Crippen molar-refractivity contribution in [3.63, 3.8) is 0 Å². The number of benzene rings is 2. The van der Waals surface area contributed by atoms with E-state index in [0.29, 0.717) is 4.64 Å². The molecule has 104 valence electrons. The third-order valence-electron chi connectivity index (χ3n) is 3.17. The van der Waals surface area contributed by atoms with Crippen molar-refractivity contribution in [3.05, 3.63) is 65.3 Å². The van der Waals surface area contributed by atoms with Crippen LogP contribution in [-0.4, -0.2) is 17.1 Å². The summed E-state index contributed by atoms with van der Waals surface area (Å²) in [6.07, 6.45) is 0. The van der Waals surface area contributed by atoms with Gasteiger partial charge in [-0.3, -0.25) is 0 Å². The molecule has 4 heteroatoms. The van der Waals surface area contributed by atoms with Crippen molar-refractivity contribution in [2.45, 2.75) is 0 Å². The Morgan fingerprint density at radius 2 is 1.71 bits per heavy atom. The number of rotatable bonds is 3. The summed E-state index contributed by atoms with van der Waals surface area (Å²) in [6, 6.07) is 19.6. The number of hydrogen-bond acceptors (Lipinski definition) is 3. The van der Waals surface area contributed by atoms with Crippen LogP contribution in [0.15, 0.2) is 60.7 Å². The molecule has 2 aromatic carbocycles. The van der Waals surface area contributed by atoms with Gasteiger partial charge in [0.1, 0.15) is 16.2 Å². The summed E-state index contributed by atoms with van der Waals surface area (Å²) in [4.78, 5) is 7.74. The molecule has 1 N–H and O–H groups in total. The Morgan fingerprint density at radius 1 is 0.952 bits per heavy atom. The van der Waals surface area contributed by atoms with E-state index in [-0.39, 0.29) is 0 Å². The van der Waals surface area contributed by atoms with Crippen LogP contribution in [0.3, 0.4) is 0 Å². The summed E-state index contributed by atoms with van der Waals surface area (Å²) >= 11 is 5.29. The molecule has 1 aromatic heterocycles. The van der Waals surface area contributed by atoms with Crippen LogP contribution < -0.4 is 4.74 Å². The highest BCUT2D eigenvalue weighted by Crippen LogP contribution is 2.24. The first kappa shape index (κ1) is 13.5. The number of hydrogen-bond donors (Lipinski definition) is 1. The molecule has 0 radical (unpaired) electrons. The lowest BCUT2D eigenvalue weighted by Crippen LogP contribution is -1.93. The van der Waals surface area contributed by atoms with Gasteiger partial charge in [0.25, 0.3) is 0 Å². The van der Waals surface area contributed by atoms with Gasteiger partial charge in [0.05, 0.1) is 12.8 Å². The van der Waals surface area contributed by atoms with Gasteiger partial charge in [-0.2, -0.15) is 0 Å². The highest BCUT2D eigenvalue weighted by atomic mass is 32.1. The van der Waals surface area contributed by atoms with Crippen LogP contribution in [0.2, 0.25) is 0 Å². The first-order chi connectivity index (χ1) is 10.3. The molecule has 3 aromatic rings. The third-order valence-corrected chi connectivity index (χ3v) is 3.38. The topological polar surface area (TPSA) is 37.9 Å². The Kier molecular flexibility index (Phi) is 3.79. The van der Waals surface area contributed by atoms with E-state index in [4.69, 9.17) is 17.0 Å². The fourth-order valence-corrected chi connectivity index (χ4v) is 2.35. The minimum Gasteiger partial charge on any atom is -0.497 e. The molecule has 0 spiro atoms. The Morgan fingerprint density at radius 3 is 2.48 bits per heavy atom. The Hall–Kier alpha value is -2.46. The van der Waals surface area contributed by atoms with E-state index in [9.17, 15) is 0 Å². The van der Waals surface area contributed by atoms with Gasteiger partial charge in [-0.05, 0) is 18.2 Å². The quantitative estimate of drug-likeness (QED) is 0.724. The molecule has 0 aliphatic rings. The van der Waals surface area contributed by atoms with E-state index in [0.717, 1.165) is 28.4 Å². The summed E-state index contributed by atoms with van der Waals surface area (Å²) < 4.78 is 5.83. The van der Waals surface area contributed by atoms with Crippen molar-refractivity contribution < 1.29 is 4.74 Å². The van der Waals surface area contributed by atoms with Crippen LogP contribution in [-0.2, 0) is 0 Å². The molecule has 0 bridgehead atoms. The predicted molar refractivity (Wildman–Crippen MR) is 86.8 cm³/mol. The number of nitrogens with zero attached hydrogens (tertiary/aromatic N) is 1. The predicted octanol–water partition coefficient (Wildman–Crippen LogP) is 4.48. The molecule has 1 heterocycles. The number of aromatic amines is 1. The molecule has 0 fully saturated rings. The lowest BCUT2D eigenvalue weighted by molar-refractivity contribution is 0.415. The molecular formula is C17H14N2OS. The zero-order valence-electron chi connectivity index (χ0n) is 11.5. The molecule has 0 saturated carbocycles. The fraction of sp³-hybridized carbons (Fsp3) is 0.0588. The Labute approximate surface area is 128 Å². The summed E-state index contributed by atoms with van der Waals surface area (Å²) in [6.45, 7) is 0. The smallest absolute Gasteiger partial charge is 0.139 e. The summed E-state index contributed by atoms with van der Waals surface area (Å²) in [5, 5.41) is 0. The highest BCUT2D eigenvalue weighted by molar-refractivity contribution is 7.71. The van der Waals surface area contributed by atoms with Crippen LogP contribution in [0.1, 0.15) is 0 Å². The van der Waals surface area contributed by atoms with Gasteiger partial charge in [0.2, 0.25) is 0 Å². The van der Waals surface area contributed by atoms with Crippen molar-refractivity contribution in [3.8, 4) is 28.4 Å². The van der Waals surface area contributed by atoms with Crippen LogP contribution in [0.25, 0.3) is 22.6 Å². The highest BCUT2D eigenvalue weighted by Gasteiger charge is 2.05. The van der Waals surface area contributed by atoms with E-state index in [1.54, 1.807) is 7.11 Å². The number of aromatic nitrogens is 2. The average Bonchev–Trinajstić information content (AvgIpc) is 2.55. The maximum Gasteiger partial charge on any atom is 0.139 e. The summed E-state index contributed by atoms with van der Waals surface area (Å²) in [5.41, 5.74) is 2.95. The normalized spacial score (nSPS) is 10.3. The first-order valence-electron chi connectivity index (χ1n) is 6.57. The lowest BCUT2D eigenvalue weighted by Gasteiger charge is -2.08. The largest absolute Gasteiger partial charge is 0.497 e. The molecule has 0 atom stereocenters. The monoisotopic (exact) mass is 294 g/mol. The molecule has 0 aliphatic carbocycles. The van der Waals surface area contributed by atoms with Crippen LogP contribution in [0.5, 0.6) is 5.75 Å². The summed E-state index contributed by atoms with van der Waals surface area (Å²) in [7, 11) is 1.66. The number of methoxy groups -OCH3 is 1. The third kappa shape index (κ3) is 3.01. The van der Waals surface area contributed by atoms with E-state index in [1.165, 1.54) is 0 Å². The standard InChI is InChI=1S/C17H14N2OS/c1-20-14-9-5-8-13(10-14)15-11-16(21)19-17(18-15)12-6-3-2-4-7-12/h2-11H,1H3,(H,18,19,21). The molecule has 21 heavy (non-hydrogen) atoms. The van der Waals surface area contributed by atoms with Gasteiger partial charge in [-0.15, -0.1) is 0 Å². The molecule has 0 saturated heterocycles. The minimum absolute atomic E-state index is 0.561. The molecule has 0 amide bonds. The van der Waals surface area contributed by atoms with E-state index < -0.39 is 0 Å². The van der Waals surface area contributed by atoms with Crippen LogP contribution >= 0.6 is 12.2 Å². The second-order valence-corrected chi connectivity index (χ2v) is 5.00. The molecule has 3 nitrogen and oxygen atoms in total. The zero-order valence-corrected chi connectivity index (χ0v) is 12.4. The maximum atomic E-state index is 5.29. The van der Waals surface area contributed by atoms with Crippen molar-refractivity contribution >= 4 is 12.2 Å². The maximum absolute atomic E-state index is 5.29. The second-order valence-electron chi connectivity index (χ2n) is 4.58. The second kappa shape index (κ2) is 5.89. The average molecular weight is 294 g/mol. The van der Waals surface area contributed by atoms with Gasteiger partial charge >= 0.3 is 0 Å². The number of H-pyrrole nitrogens is 1. The number of nitrogens with one attached hydrogen (secondary N) is 1. The number of ether oxygens (including phenoxy) is 1. The van der Waals surface area contributed by atoms with E-state index >= 15 is 0 Å². The van der Waals surface area contributed by atoms with E-state index in [2.05, 4.69) is 9.97 Å². The fourth-order valence-electron chi connectivity index (χ4n) is 2.14. The van der Waals surface area contributed by atoms with Gasteiger partial charge in [-0.25, -0.2) is 4.98 Å². The molecule has 3 rings (SSSR count). The SMILES string of the molecule is COc1cccc(-c2cc(=S)nc(-c3ccccc3)[nH]2)c1.